The number of phosphoric ester groups is 1. The van der Waals surface area contributed by atoms with E-state index in [1.807, 2.05) is 30.3 Å². The first-order valence-corrected chi connectivity index (χ1v) is 10.9. The molecule has 1 aliphatic rings. The van der Waals surface area contributed by atoms with Crippen LogP contribution in [0.3, 0.4) is 0 Å². The summed E-state index contributed by atoms with van der Waals surface area (Å²) in [5.74, 6) is -0.142. The number of rotatable bonds is 11. The van der Waals surface area contributed by atoms with E-state index in [4.69, 9.17) is 4.52 Å². The van der Waals surface area contributed by atoms with Gasteiger partial charge >= 0.3 is 59.1 Å². The average Bonchev–Trinajstić information content (AvgIpc) is 2.56. The summed E-state index contributed by atoms with van der Waals surface area (Å²) in [5.41, 5.74) is -0.418. The van der Waals surface area contributed by atoms with Gasteiger partial charge in [0.2, 0.25) is 5.91 Å². The first-order chi connectivity index (χ1) is 12.4. The Labute approximate surface area is 212 Å². The topological polar surface area (TPSA) is 102 Å². The van der Waals surface area contributed by atoms with Crippen LogP contribution in [0.1, 0.15) is 76.3 Å². The van der Waals surface area contributed by atoms with E-state index in [1.54, 1.807) is 0 Å². The molecular weight excluding hydrogens is 399 g/mol. The zero-order valence-corrected chi connectivity index (χ0v) is 22.2. The summed E-state index contributed by atoms with van der Waals surface area (Å²) in [5, 5.41) is 2.93. The molecule has 146 valence electrons. The SMILES string of the molecule is CCCCCCCC(=O)N[C@H](c1ccccc1)C1(OP(=O)([O-])[O-])CCC1.[Na+].[Na+]. The van der Waals surface area contributed by atoms with E-state index in [2.05, 4.69) is 12.2 Å². The summed E-state index contributed by atoms with van der Waals surface area (Å²) in [6, 6.07) is 8.47. The predicted molar refractivity (Wildman–Crippen MR) is 96.0 cm³/mol. The van der Waals surface area contributed by atoms with Gasteiger partial charge < -0.3 is 24.2 Å². The van der Waals surface area contributed by atoms with E-state index in [1.165, 1.54) is 0 Å². The second kappa shape index (κ2) is 14.0. The summed E-state index contributed by atoms with van der Waals surface area (Å²) in [6.07, 6.45) is 7.20. The van der Waals surface area contributed by atoms with Crippen molar-refractivity contribution in [1.29, 1.82) is 0 Å². The minimum absolute atomic E-state index is 0. The molecule has 0 aromatic heterocycles. The van der Waals surface area contributed by atoms with E-state index >= 15 is 0 Å². The van der Waals surface area contributed by atoms with Crippen LogP contribution in [-0.2, 0) is 13.9 Å². The molecule has 0 spiro atoms. The minimum Gasteiger partial charge on any atom is -0.790 e. The van der Waals surface area contributed by atoms with Crippen molar-refractivity contribution in [2.45, 2.75) is 76.4 Å². The third-order valence-corrected chi connectivity index (χ3v) is 5.55. The van der Waals surface area contributed by atoms with Gasteiger partial charge in [-0.05, 0) is 31.2 Å². The van der Waals surface area contributed by atoms with Crippen molar-refractivity contribution in [2.24, 2.45) is 0 Å². The Morgan fingerprint density at radius 1 is 1.14 bits per heavy atom. The molecule has 1 atom stereocenters. The minimum atomic E-state index is -5.16. The number of amides is 1. The maximum Gasteiger partial charge on any atom is 1.00 e. The van der Waals surface area contributed by atoms with Crippen molar-refractivity contribution in [3.63, 3.8) is 0 Å². The van der Waals surface area contributed by atoms with Crippen LogP contribution in [0, 0.1) is 0 Å². The van der Waals surface area contributed by atoms with Crippen LogP contribution in [0.4, 0.5) is 0 Å². The van der Waals surface area contributed by atoms with Gasteiger partial charge in [0, 0.05) is 6.42 Å². The molecule has 2 rings (SSSR count). The monoisotopic (exact) mass is 427 g/mol. The molecule has 6 nitrogen and oxygen atoms in total. The fraction of sp³-hybridized carbons (Fsp3) is 0.632. The first kappa shape index (κ1) is 28.8. The second-order valence-electron chi connectivity index (χ2n) is 7.03. The molecule has 0 aliphatic heterocycles. The van der Waals surface area contributed by atoms with Crippen molar-refractivity contribution in [1.82, 2.24) is 5.32 Å². The van der Waals surface area contributed by atoms with Crippen molar-refractivity contribution >= 4 is 13.7 Å². The molecule has 0 saturated heterocycles. The summed E-state index contributed by atoms with van der Waals surface area (Å²) in [7, 11) is -5.16. The molecule has 1 N–H and O–H groups in total. The second-order valence-corrected chi connectivity index (χ2v) is 8.11. The number of hydrogen-bond acceptors (Lipinski definition) is 5. The summed E-state index contributed by atoms with van der Waals surface area (Å²) < 4.78 is 16.2. The van der Waals surface area contributed by atoms with Crippen LogP contribution >= 0.6 is 7.82 Å². The molecule has 28 heavy (non-hydrogen) atoms. The molecule has 1 amide bonds. The molecule has 0 heterocycles. The third kappa shape index (κ3) is 9.30. The Morgan fingerprint density at radius 2 is 1.75 bits per heavy atom. The Balaban J connectivity index is 0.00000364. The van der Waals surface area contributed by atoms with Gasteiger partial charge in [-0.25, -0.2) is 0 Å². The Morgan fingerprint density at radius 3 is 2.25 bits per heavy atom. The van der Waals surface area contributed by atoms with Crippen LogP contribution in [0.2, 0.25) is 0 Å². The third-order valence-electron chi connectivity index (χ3n) is 4.97. The van der Waals surface area contributed by atoms with Gasteiger partial charge in [-0.1, -0.05) is 62.9 Å². The molecule has 1 aromatic rings. The summed E-state index contributed by atoms with van der Waals surface area (Å²) >= 11 is 0. The average molecular weight is 427 g/mol. The Kier molecular flexibility index (Phi) is 14.4. The first-order valence-electron chi connectivity index (χ1n) is 9.43. The number of hydrogen-bond donors (Lipinski definition) is 1. The number of nitrogens with one attached hydrogen (secondary N) is 1. The van der Waals surface area contributed by atoms with Crippen molar-refractivity contribution in [2.75, 3.05) is 0 Å². The molecule has 0 bridgehead atoms. The molecule has 0 unspecified atom stereocenters. The van der Waals surface area contributed by atoms with Crippen molar-refractivity contribution in [3.05, 3.63) is 35.9 Å². The van der Waals surface area contributed by atoms with E-state index < -0.39 is 19.5 Å². The van der Waals surface area contributed by atoms with Gasteiger partial charge in [0.25, 0.3) is 0 Å². The molecule has 0 radical (unpaired) electrons. The van der Waals surface area contributed by atoms with Gasteiger partial charge in [-0.2, -0.15) is 0 Å². The number of unbranched alkanes of at least 4 members (excludes halogenated alkanes) is 4. The Hall–Kier alpha value is 0.800. The van der Waals surface area contributed by atoms with E-state index in [9.17, 15) is 19.1 Å². The van der Waals surface area contributed by atoms with E-state index in [-0.39, 0.29) is 65.0 Å². The smallest absolute Gasteiger partial charge is 0.790 e. The molecule has 1 aliphatic carbocycles. The van der Waals surface area contributed by atoms with Gasteiger partial charge in [0.05, 0.1) is 19.5 Å². The number of benzene rings is 1. The van der Waals surface area contributed by atoms with Gasteiger partial charge in [-0.3, -0.25) is 4.79 Å². The maximum atomic E-state index is 12.4. The molecular formula is C19H28NNa2O5P. The van der Waals surface area contributed by atoms with Crippen LogP contribution in [0.25, 0.3) is 0 Å². The van der Waals surface area contributed by atoms with Gasteiger partial charge in [-0.15, -0.1) is 0 Å². The summed E-state index contributed by atoms with van der Waals surface area (Å²) in [4.78, 5) is 35.0. The molecule has 1 saturated carbocycles. The maximum absolute atomic E-state index is 12.4. The van der Waals surface area contributed by atoms with Crippen LogP contribution < -0.4 is 74.2 Å². The van der Waals surface area contributed by atoms with Crippen LogP contribution in [0.15, 0.2) is 30.3 Å². The van der Waals surface area contributed by atoms with E-state index in [0.29, 0.717) is 19.3 Å². The van der Waals surface area contributed by atoms with Crippen molar-refractivity contribution < 1.29 is 82.8 Å². The quantitative estimate of drug-likeness (QED) is 0.230. The molecule has 1 fully saturated rings. The predicted octanol–water partition coefficient (Wildman–Crippen LogP) is -3.02. The van der Waals surface area contributed by atoms with Crippen LogP contribution in [0.5, 0.6) is 0 Å². The Bertz CT molecular complexity index is 622. The fourth-order valence-electron chi connectivity index (χ4n) is 3.47. The molecule has 9 heteroatoms. The normalized spacial score (nSPS) is 16.1. The van der Waals surface area contributed by atoms with Crippen molar-refractivity contribution in [3.8, 4) is 0 Å². The van der Waals surface area contributed by atoms with Gasteiger partial charge in [0.1, 0.15) is 0 Å². The van der Waals surface area contributed by atoms with Crippen LogP contribution in [-0.4, -0.2) is 11.5 Å². The largest absolute Gasteiger partial charge is 1.00 e. The zero-order chi connectivity index (χ0) is 19.0. The standard InChI is InChI=1S/C19H30NO5P.2Na/c1-2-3-4-5-9-13-17(21)20-18(16-11-7-6-8-12-16)19(14-10-15-19)25-26(22,23)24;;/h6-8,11-12,18H,2-5,9-10,13-15H2,1H3,(H,20,21)(H2,22,23,24);;/q;2*+1/p-2/t18-;;/m1../s1. The summed E-state index contributed by atoms with van der Waals surface area (Å²) in [6.45, 7) is 2.14. The zero-order valence-electron chi connectivity index (χ0n) is 17.3. The van der Waals surface area contributed by atoms with Gasteiger partial charge in [0.15, 0.2) is 0 Å². The van der Waals surface area contributed by atoms with E-state index in [0.717, 1.165) is 44.1 Å². The number of phosphoric acid groups is 1. The fourth-order valence-corrected chi connectivity index (χ4v) is 4.20. The molecule has 1 aromatic carbocycles. The number of carbonyl (C=O) groups is 1. The number of carbonyl (C=O) groups excluding carboxylic acids is 1.